The average Bonchev–Trinajstić information content (AvgIpc) is 1.60. The number of ketones is 2. The normalized spacial score (nSPS) is 20.4. The van der Waals surface area contributed by atoms with E-state index in [1.807, 2.05) is 83.1 Å². The van der Waals surface area contributed by atoms with Crippen LogP contribution in [-0.4, -0.2) is 63.3 Å². The van der Waals surface area contributed by atoms with Crippen LogP contribution in [0.3, 0.4) is 0 Å². The van der Waals surface area contributed by atoms with Gasteiger partial charge in [0, 0.05) is 41.0 Å². The Bertz CT molecular complexity index is 4060. The van der Waals surface area contributed by atoms with Crippen molar-refractivity contribution in [3.05, 3.63) is 219 Å². The number of hydrogen-bond acceptors (Lipinski definition) is 19. The number of halogens is 5. The molecule has 5 aliphatic rings. The van der Waals surface area contributed by atoms with Crippen molar-refractivity contribution in [2.75, 3.05) is 28.7 Å². The fourth-order valence-electron chi connectivity index (χ4n) is 12.7. The summed E-state index contributed by atoms with van der Waals surface area (Å²) in [6, 6.07) is 31.1. The molecule has 2 fully saturated rings. The molecule has 1 heterocycles. The van der Waals surface area contributed by atoms with Gasteiger partial charge in [-0.05, 0) is 225 Å². The lowest BCUT2D eigenvalue weighted by Crippen LogP contribution is -2.41. The highest BCUT2D eigenvalue weighted by Gasteiger charge is 2.53. The van der Waals surface area contributed by atoms with Gasteiger partial charge in [-0.25, -0.2) is 4.39 Å². The molecule has 3 unspecified atom stereocenters. The first-order chi connectivity index (χ1) is 48.4. The standard InChI is InChI=1S/C21H23FN2O2.C13H21BO3.C13H20FN3.C13H13FN2O3.C7H9N.C6H4BrFN2O2.C2H2O2.CH4/c1-14-11-16(8-7-15-5-3-2-4-6-15)13-17(12-14)18-9-10-19(22)21(20(18)23)24(25)26;1-9-6-10(8-11(15)7-9)14-16-12(2,3)13(4,5)17-14;1-7-4-8(6-9(15)5-7)10-2-3-11(14)13(17)12(10)16;1-7-4-8(6-9(17)5-7)10-2-3-11(14)13(12(10)15)16(18)19;8-6-7-4-2-1-3-5-7;7-3-1-2-4(8)6(5(3)9)10(11)12;3-1-2-4;/h2-6,9-10,13-14,16H,7-8,11-12,23H2,1H3;8-9H,6-7H2,1-5H3;2-3,7-9H,4-6,15-17H2,1H3;2-3,6-7H,4-5,15H2,1H3;1-5H,6,8H2;1-2H,9H2;1-2H;1H4/t14-,16+;;7-,8?,9-;;;;;/m0.1...../s1. The molecule has 1 saturated heterocycles. The number of hydrogen-bond donors (Lipinski definition) is 7. The highest BCUT2D eigenvalue weighted by atomic mass is 79.9. The molecule has 28 heteroatoms. The molecular formula is C76H96BBrF4N10O12. The number of carbonyl (C=O) groups is 4. The van der Waals surface area contributed by atoms with Crippen LogP contribution in [0.1, 0.15) is 161 Å². The number of rotatable bonds is 12. The molecule has 11 rings (SSSR count). The summed E-state index contributed by atoms with van der Waals surface area (Å²) < 4.78 is 65.4. The number of carbonyl (C=O) groups excluding carboxylic acids is 4. The van der Waals surface area contributed by atoms with Crippen molar-refractivity contribution in [3.8, 4) is 0 Å². The summed E-state index contributed by atoms with van der Waals surface area (Å²) in [6.07, 6.45) is 15.2. The molecule has 0 amide bonds. The Hall–Kier alpha value is -9.48. The minimum atomic E-state index is -0.970. The van der Waals surface area contributed by atoms with Crippen LogP contribution in [0.5, 0.6) is 0 Å². The predicted octanol–water partition coefficient (Wildman–Crippen LogP) is 16.1. The van der Waals surface area contributed by atoms with Crippen LogP contribution in [0.2, 0.25) is 0 Å². The van der Waals surface area contributed by atoms with Crippen molar-refractivity contribution in [1.29, 1.82) is 0 Å². The maximum absolute atomic E-state index is 13.8. The zero-order valence-corrected chi connectivity index (χ0v) is 60.6. The van der Waals surface area contributed by atoms with Gasteiger partial charge in [-0.15, -0.1) is 0 Å². The van der Waals surface area contributed by atoms with E-state index >= 15 is 0 Å². The first-order valence-corrected chi connectivity index (χ1v) is 34.3. The van der Waals surface area contributed by atoms with Gasteiger partial charge in [-0.2, -0.15) is 13.2 Å². The number of nitrogens with zero attached hydrogens (tertiary/aromatic N) is 3. The van der Waals surface area contributed by atoms with Crippen LogP contribution in [0, 0.1) is 83.2 Å². The summed E-state index contributed by atoms with van der Waals surface area (Å²) in [4.78, 5) is 70.5. The van der Waals surface area contributed by atoms with Crippen LogP contribution in [-0.2, 0) is 41.5 Å². The molecule has 0 bridgehead atoms. The lowest BCUT2D eigenvalue weighted by Gasteiger charge is -2.32. The summed E-state index contributed by atoms with van der Waals surface area (Å²) in [7, 11) is -0.355. The molecule has 4 aliphatic carbocycles. The Morgan fingerprint density at radius 2 is 0.990 bits per heavy atom. The zero-order chi connectivity index (χ0) is 76.8. The second-order valence-corrected chi connectivity index (χ2v) is 28.3. The van der Waals surface area contributed by atoms with E-state index in [2.05, 4.69) is 54.9 Å². The molecule has 0 spiro atoms. The van der Waals surface area contributed by atoms with E-state index < -0.39 is 55.1 Å². The topological polar surface area (TPSA) is 398 Å². The largest absolute Gasteiger partial charge is 0.490 e. The third kappa shape index (κ3) is 24.6. The molecule has 1 aliphatic heterocycles. The van der Waals surface area contributed by atoms with Gasteiger partial charge in [0.25, 0.3) is 0 Å². The third-order valence-electron chi connectivity index (χ3n) is 18.4. The SMILES string of the molecule is C.CC1CC(=O)C=C(B2OC(C)(C)C(C)(C)O2)C1.CC1CC(=O)C=C(c2ccc(F)c([N+](=O)[O-])c2N)C1.C[C@@H]1CC(c2ccc(F)c(N)c2N)C[C@H](N)C1.C[C@@H]1CC(c2ccc(F)c([N+](=O)[O-])c2N)=C[C@H](CCc2ccccc2)C1.NCc1ccccc1.Nc1c(Br)ccc(F)c1[N+](=O)[O-].O=CC=O. The lowest BCUT2D eigenvalue weighted by atomic mass is 9.70. The van der Waals surface area contributed by atoms with Gasteiger partial charge in [0.2, 0.25) is 17.5 Å². The average molecular weight is 1510 g/mol. The molecule has 14 N–H and O–H groups in total. The van der Waals surface area contributed by atoms with Crippen LogP contribution < -0.4 is 40.1 Å². The molecule has 6 aromatic rings. The second kappa shape index (κ2) is 40.0. The molecule has 1 saturated carbocycles. The number of benzene rings is 6. The maximum atomic E-state index is 13.8. The van der Waals surface area contributed by atoms with E-state index in [9.17, 15) is 57.5 Å². The molecule has 0 radical (unpaired) electrons. The van der Waals surface area contributed by atoms with E-state index in [-0.39, 0.29) is 84.6 Å². The number of aryl methyl sites for hydroxylation is 1. The summed E-state index contributed by atoms with van der Waals surface area (Å²) in [5.41, 5.74) is 44.0. The van der Waals surface area contributed by atoms with Gasteiger partial charge in [-0.3, -0.25) is 49.5 Å². The summed E-state index contributed by atoms with van der Waals surface area (Å²) >= 11 is 2.95. The van der Waals surface area contributed by atoms with Crippen molar-refractivity contribution in [3.63, 3.8) is 0 Å². The Balaban J connectivity index is 0.000000268. The zero-order valence-electron chi connectivity index (χ0n) is 59.1. The lowest BCUT2D eigenvalue weighted by molar-refractivity contribution is -0.386. The monoisotopic (exact) mass is 1510 g/mol. The van der Waals surface area contributed by atoms with Crippen LogP contribution in [0.15, 0.2) is 137 Å². The number of anilines is 5. The second-order valence-electron chi connectivity index (χ2n) is 27.4. The predicted molar refractivity (Wildman–Crippen MR) is 406 cm³/mol. The highest BCUT2D eigenvalue weighted by molar-refractivity contribution is 9.10. The van der Waals surface area contributed by atoms with Crippen LogP contribution in [0.25, 0.3) is 11.1 Å². The van der Waals surface area contributed by atoms with E-state index in [1.54, 1.807) is 18.2 Å². The molecule has 560 valence electrons. The van der Waals surface area contributed by atoms with Crippen molar-refractivity contribution >= 4 is 104 Å². The first kappa shape index (κ1) is 86.9. The van der Waals surface area contributed by atoms with Gasteiger partial charge in [-0.1, -0.05) is 108 Å². The summed E-state index contributed by atoms with van der Waals surface area (Å²) in [5.74, 6) is -0.822. The van der Waals surface area contributed by atoms with Gasteiger partial charge in [0.1, 0.15) is 22.9 Å². The number of nitrogens with two attached hydrogens (primary N) is 7. The van der Waals surface area contributed by atoms with E-state index in [4.69, 9.17) is 59.0 Å². The van der Waals surface area contributed by atoms with E-state index in [0.29, 0.717) is 82.3 Å². The third-order valence-corrected chi connectivity index (χ3v) is 19.0. The molecule has 0 aromatic heterocycles. The van der Waals surface area contributed by atoms with Crippen molar-refractivity contribution < 1.29 is 60.8 Å². The minimum Gasteiger partial charge on any atom is -0.400 e. The number of nitrogen functional groups attached to an aromatic ring is 5. The Morgan fingerprint density at radius 3 is 1.44 bits per heavy atom. The number of aldehydes is 2. The molecule has 6 aromatic carbocycles. The Kier molecular flexibility index (Phi) is 33.4. The van der Waals surface area contributed by atoms with E-state index in [1.165, 1.54) is 35.4 Å². The molecular weight excluding hydrogens is 1410 g/mol. The van der Waals surface area contributed by atoms with Crippen LogP contribution in [0.4, 0.5) is 63.1 Å². The Morgan fingerprint density at radius 1 is 0.538 bits per heavy atom. The van der Waals surface area contributed by atoms with Crippen molar-refractivity contribution in [2.45, 2.75) is 163 Å². The number of nitro benzene ring substituents is 3. The fourth-order valence-corrected chi connectivity index (χ4v) is 13.0. The smallest absolute Gasteiger partial charge is 0.400 e. The fraction of sp³-hybridized carbons (Fsp3) is 0.395. The number of allylic oxidation sites excluding steroid dienone is 6. The van der Waals surface area contributed by atoms with E-state index in [0.717, 1.165) is 86.2 Å². The Labute approximate surface area is 613 Å². The highest BCUT2D eigenvalue weighted by Crippen LogP contribution is 2.44. The van der Waals surface area contributed by atoms with Crippen molar-refractivity contribution in [1.82, 2.24) is 0 Å². The number of nitro groups is 3. The quantitative estimate of drug-likeness (QED) is 0.0114. The minimum absolute atomic E-state index is 0. The van der Waals surface area contributed by atoms with Crippen molar-refractivity contribution in [2.24, 2.45) is 41.1 Å². The van der Waals surface area contributed by atoms with Crippen LogP contribution >= 0.6 is 15.9 Å². The molecule has 7 atom stereocenters. The summed E-state index contributed by atoms with van der Waals surface area (Å²) in [6.45, 7) is 17.1. The summed E-state index contributed by atoms with van der Waals surface area (Å²) in [5, 5.41) is 32.2. The van der Waals surface area contributed by atoms with Gasteiger partial charge >= 0.3 is 24.2 Å². The molecule has 22 nitrogen and oxygen atoms in total. The maximum Gasteiger partial charge on any atom is 0.490 e. The molecule has 104 heavy (non-hydrogen) atoms. The van der Waals surface area contributed by atoms with Gasteiger partial charge in [0.05, 0.1) is 37.3 Å². The van der Waals surface area contributed by atoms with Gasteiger partial charge < -0.3 is 49.4 Å². The first-order valence-electron chi connectivity index (χ1n) is 33.6. The van der Waals surface area contributed by atoms with Gasteiger partial charge in [0.15, 0.2) is 24.1 Å².